The minimum Gasteiger partial charge on any atom is -0.377 e. The van der Waals surface area contributed by atoms with Crippen LogP contribution in [0.25, 0.3) is 22.6 Å². The Hall–Kier alpha value is -3.07. The molecule has 2 aromatic carbocycles. The van der Waals surface area contributed by atoms with Crippen LogP contribution in [0, 0.1) is 5.41 Å². The highest BCUT2D eigenvalue weighted by Crippen LogP contribution is 2.40. The second-order valence-corrected chi connectivity index (χ2v) is 8.93. The predicted molar refractivity (Wildman–Crippen MR) is 120 cm³/mol. The number of hydrogen-bond acceptors (Lipinski definition) is 2. The van der Waals surface area contributed by atoms with Crippen molar-refractivity contribution in [3.05, 3.63) is 90.1 Å². The molecule has 1 aromatic heterocycles. The van der Waals surface area contributed by atoms with Crippen molar-refractivity contribution in [1.82, 2.24) is 15.1 Å². The molecule has 3 heteroatoms. The molecule has 0 radical (unpaired) electrons. The molecule has 3 aromatic rings. The molecule has 1 fully saturated rings. The molecular weight excluding hydrogens is 354 g/mol. The maximum Gasteiger partial charge on any atom is 0.0934 e. The third-order valence-electron chi connectivity index (χ3n) is 6.09. The van der Waals surface area contributed by atoms with Gasteiger partial charge in [-0.3, -0.25) is 0 Å². The van der Waals surface area contributed by atoms with Crippen molar-refractivity contribution in [2.75, 3.05) is 0 Å². The van der Waals surface area contributed by atoms with Crippen LogP contribution in [0.1, 0.15) is 38.8 Å². The fourth-order valence-corrected chi connectivity index (χ4v) is 4.50. The summed E-state index contributed by atoms with van der Waals surface area (Å²) in [5.74, 6) is 0. The lowest BCUT2D eigenvalue weighted by atomic mass is 9.72. The van der Waals surface area contributed by atoms with E-state index in [0.29, 0.717) is 11.5 Å². The van der Waals surface area contributed by atoms with Crippen LogP contribution in [0.5, 0.6) is 0 Å². The summed E-state index contributed by atoms with van der Waals surface area (Å²) in [6, 6.07) is 23.4. The highest BCUT2D eigenvalue weighted by Gasteiger charge is 2.32. The van der Waals surface area contributed by atoms with Crippen LogP contribution in [-0.4, -0.2) is 15.8 Å². The third kappa shape index (κ3) is 3.53. The van der Waals surface area contributed by atoms with Crippen LogP contribution in [-0.2, 0) is 0 Å². The summed E-state index contributed by atoms with van der Waals surface area (Å²) < 4.78 is 2.06. The van der Waals surface area contributed by atoms with Crippen molar-refractivity contribution >= 4 is 5.70 Å². The van der Waals surface area contributed by atoms with E-state index in [1.165, 1.54) is 24.8 Å². The van der Waals surface area contributed by atoms with Gasteiger partial charge in [0.15, 0.2) is 0 Å². The molecule has 29 heavy (non-hydrogen) atoms. The Morgan fingerprint density at radius 1 is 0.966 bits per heavy atom. The van der Waals surface area contributed by atoms with Gasteiger partial charge in [0.05, 0.1) is 22.8 Å². The number of rotatable bonds is 3. The van der Waals surface area contributed by atoms with Crippen molar-refractivity contribution < 1.29 is 0 Å². The number of para-hydroxylation sites is 1. The van der Waals surface area contributed by atoms with Crippen LogP contribution < -0.4 is 5.32 Å². The standard InChI is InChI=1S/C26H27N3/c1-26(2)16-15-22-20(18-26)13-14-23(27-22)25-17-24(19-9-5-3-6-10-19)28-29(25)21-11-7-4-8-12-21/h3-14,17,22,27H,15-16,18H2,1-2H3. The smallest absolute Gasteiger partial charge is 0.0934 e. The van der Waals surface area contributed by atoms with Crippen LogP contribution in [0.3, 0.4) is 0 Å². The molecule has 0 saturated heterocycles. The van der Waals surface area contributed by atoms with Gasteiger partial charge < -0.3 is 5.32 Å². The van der Waals surface area contributed by atoms with E-state index in [1.807, 2.05) is 12.1 Å². The Kier molecular flexibility index (Phi) is 4.39. The number of hydrogen-bond donors (Lipinski definition) is 1. The van der Waals surface area contributed by atoms with Crippen LogP contribution in [0.15, 0.2) is 84.5 Å². The number of allylic oxidation sites excluding steroid dienone is 2. The lowest BCUT2D eigenvalue weighted by molar-refractivity contribution is 0.265. The number of nitrogens with one attached hydrogen (secondary N) is 1. The summed E-state index contributed by atoms with van der Waals surface area (Å²) in [4.78, 5) is 0. The molecule has 2 aliphatic rings. The molecule has 1 atom stereocenters. The number of dihydropyridines is 1. The molecule has 146 valence electrons. The molecule has 3 nitrogen and oxygen atoms in total. The Morgan fingerprint density at radius 3 is 2.45 bits per heavy atom. The van der Waals surface area contributed by atoms with E-state index in [1.54, 1.807) is 0 Å². The van der Waals surface area contributed by atoms with Crippen LogP contribution in [0.4, 0.5) is 0 Å². The van der Waals surface area contributed by atoms with Crippen LogP contribution >= 0.6 is 0 Å². The molecule has 0 spiro atoms. The van der Waals surface area contributed by atoms with E-state index in [4.69, 9.17) is 5.10 Å². The summed E-state index contributed by atoms with van der Waals surface area (Å²) in [5, 5.41) is 8.78. The molecule has 1 N–H and O–H groups in total. The maximum absolute atomic E-state index is 4.97. The largest absolute Gasteiger partial charge is 0.377 e. The average molecular weight is 382 g/mol. The topological polar surface area (TPSA) is 29.9 Å². The van der Waals surface area contributed by atoms with Gasteiger partial charge >= 0.3 is 0 Å². The molecule has 1 saturated carbocycles. The monoisotopic (exact) mass is 381 g/mol. The van der Waals surface area contributed by atoms with Gasteiger partial charge in [-0.2, -0.15) is 5.10 Å². The zero-order chi connectivity index (χ0) is 19.8. The van der Waals surface area contributed by atoms with Gasteiger partial charge in [-0.05, 0) is 54.5 Å². The van der Waals surface area contributed by atoms with E-state index in [-0.39, 0.29) is 0 Å². The molecule has 1 unspecified atom stereocenters. The van der Waals surface area contributed by atoms with Gasteiger partial charge in [-0.15, -0.1) is 0 Å². The average Bonchev–Trinajstić information content (AvgIpc) is 3.20. The lowest BCUT2D eigenvalue weighted by Crippen LogP contribution is -2.38. The van der Waals surface area contributed by atoms with E-state index in [0.717, 1.165) is 28.3 Å². The molecule has 0 amide bonds. The van der Waals surface area contributed by atoms with Gasteiger partial charge in [0.25, 0.3) is 0 Å². The Bertz CT molecular complexity index is 1070. The van der Waals surface area contributed by atoms with E-state index >= 15 is 0 Å². The Labute approximate surface area is 172 Å². The number of benzene rings is 2. The molecule has 0 bridgehead atoms. The summed E-state index contributed by atoms with van der Waals surface area (Å²) in [7, 11) is 0. The van der Waals surface area contributed by atoms with Crippen molar-refractivity contribution in [3.63, 3.8) is 0 Å². The van der Waals surface area contributed by atoms with Crippen molar-refractivity contribution in [2.24, 2.45) is 5.41 Å². The normalized spacial score (nSPS) is 20.3. The quantitative estimate of drug-likeness (QED) is 0.604. The number of aromatic nitrogens is 2. The van der Waals surface area contributed by atoms with Gasteiger partial charge in [-0.1, -0.05) is 68.5 Å². The van der Waals surface area contributed by atoms with Gasteiger partial charge in [0.1, 0.15) is 0 Å². The van der Waals surface area contributed by atoms with Gasteiger partial charge in [0, 0.05) is 11.6 Å². The molecule has 1 aliphatic heterocycles. The lowest BCUT2D eigenvalue weighted by Gasteiger charge is -2.39. The van der Waals surface area contributed by atoms with Gasteiger partial charge in [0.2, 0.25) is 0 Å². The summed E-state index contributed by atoms with van der Waals surface area (Å²) >= 11 is 0. The summed E-state index contributed by atoms with van der Waals surface area (Å²) in [6.45, 7) is 4.75. The first-order valence-electron chi connectivity index (χ1n) is 10.5. The van der Waals surface area contributed by atoms with Crippen molar-refractivity contribution in [3.8, 4) is 16.9 Å². The first kappa shape index (κ1) is 18.0. The second-order valence-electron chi connectivity index (χ2n) is 8.93. The van der Waals surface area contributed by atoms with Crippen LogP contribution in [0.2, 0.25) is 0 Å². The minimum atomic E-state index is 0.404. The van der Waals surface area contributed by atoms with Gasteiger partial charge in [-0.25, -0.2) is 4.68 Å². The Morgan fingerprint density at radius 2 is 1.69 bits per heavy atom. The Balaban J connectivity index is 1.58. The summed E-state index contributed by atoms with van der Waals surface area (Å²) in [5.41, 5.74) is 7.39. The SMILES string of the molecule is CC1(C)CCC2NC(c3cc(-c4ccccc4)nn3-c3ccccc3)=CC=C2C1. The predicted octanol–water partition coefficient (Wildman–Crippen LogP) is 5.99. The van der Waals surface area contributed by atoms with E-state index in [2.05, 4.69) is 90.6 Å². The first-order valence-corrected chi connectivity index (χ1v) is 10.5. The van der Waals surface area contributed by atoms with Crippen molar-refractivity contribution in [1.29, 1.82) is 0 Å². The molecular formula is C26H27N3. The number of fused-ring (bicyclic) bond motifs is 1. The number of nitrogens with zero attached hydrogens (tertiary/aromatic N) is 2. The highest BCUT2D eigenvalue weighted by molar-refractivity contribution is 5.72. The fourth-order valence-electron chi connectivity index (χ4n) is 4.50. The highest BCUT2D eigenvalue weighted by atomic mass is 15.3. The molecule has 5 rings (SSSR count). The minimum absolute atomic E-state index is 0.404. The molecule has 2 heterocycles. The molecule has 1 aliphatic carbocycles. The second kappa shape index (κ2) is 7.07. The fraction of sp³-hybridized carbons (Fsp3) is 0.269. The van der Waals surface area contributed by atoms with Crippen molar-refractivity contribution in [2.45, 2.75) is 39.2 Å². The summed E-state index contributed by atoms with van der Waals surface area (Å²) in [6.07, 6.45) is 8.17. The van der Waals surface area contributed by atoms with E-state index in [9.17, 15) is 0 Å². The zero-order valence-electron chi connectivity index (χ0n) is 17.1. The van der Waals surface area contributed by atoms with E-state index < -0.39 is 0 Å². The third-order valence-corrected chi connectivity index (χ3v) is 6.09. The first-order chi connectivity index (χ1) is 14.1. The zero-order valence-corrected chi connectivity index (χ0v) is 17.1. The maximum atomic E-state index is 4.97.